The van der Waals surface area contributed by atoms with Crippen LogP contribution in [0.15, 0.2) is 23.2 Å². The van der Waals surface area contributed by atoms with Crippen LogP contribution in [0.2, 0.25) is 0 Å². The van der Waals surface area contributed by atoms with Crippen molar-refractivity contribution in [2.45, 2.75) is 6.04 Å². The molecule has 1 aliphatic rings. The molecular weight excluding hydrogens is 389 g/mol. The van der Waals surface area contributed by atoms with Gasteiger partial charge >= 0.3 is 0 Å². The molecule has 0 spiro atoms. The number of nitrogens with zero attached hydrogens (tertiary/aromatic N) is 3. The van der Waals surface area contributed by atoms with Gasteiger partial charge in [0.2, 0.25) is 0 Å². The molecule has 0 saturated heterocycles. The Labute approximate surface area is 141 Å². The Hall–Kier alpha value is -0.960. The highest BCUT2D eigenvalue weighted by atomic mass is 127. The Morgan fingerprint density at radius 3 is 2.43 bits per heavy atom. The van der Waals surface area contributed by atoms with Crippen molar-refractivity contribution in [2.24, 2.45) is 4.99 Å². The molecule has 0 amide bonds. The summed E-state index contributed by atoms with van der Waals surface area (Å²) in [6.07, 6.45) is 0. The van der Waals surface area contributed by atoms with Crippen molar-refractivity contribution in [3.05, 3.63) is 35.4 Å². The number of guanidine groups is 1. The smallest absolute Gasteiger partial charge is 0.193 e. The first-order valence-corrected chi connectivity index (χ1v) is 6.60. The van der Waals surface area contributed by atoms with Gasteiger partial charge in [-0.3, -0.25) is 4.99 Å². The van der Waals surface area contributed by atoms with E-state index in [0.29, 0.717) is 6.54 Å². The van der Waals surface area contributed by atoms with Crippen molar-refractivity contribution in [1.82, 2.24) is 15.1 Å². The Bertz CT molecular complexity index is 487. The van der Waals surface area contributed by atoms with Crippen LogP contribution >= 0.6 is 24.0 Å². The SMILES string of the molecule is CN1CCN=C1NCC(c1c(F)cccc1F)N(C)C.I. The second kappa shape index (κ2) is 7.88. The van der Waals surface area contributed by atoms with E-state index < -0.39 is 17.7 Å². The highest BCUT2D eigenvalue weighted by Crippen LogP contribution is 2.23. The molecule has 118 valence electrons. The molecule has 1 unspecified atom stereocenters. The third-order valence-corrected chi connectivity index (χ3v) is 3.47. The molecule has 0 aromatic heterocycles. The third-order valence-electron chi connectivity index (χ3n) is 3.47. The van der Waals surface area contributed by atoms with Crippen molar-refractivity contribution in [2.75, 3.05) is 40.8 Å². The van der Waals surface area contributed by atoms with Crippen LogP contribution in [0, 0.1) is 11.6 Å². The van der Waals surface area contributed by atoms with Crippen LogP contribution in [0.25, 0.3) is 0 Å². The summed E-state index contributed by atoms with van der Waals surface area (Å²) in [6, 6.07) is 3.55. The molecule has 1 aromatic carbocycles. The van der Waals surface area contributed by atoms with E-state index in [0.717, 1.165) is 19.0 Å². The fourth-order valence-corrected chi connectivity index (χ4v) is 2.28. The van der Waals surface area contributed by atoms with E-state index in [1.807, 2.05) is 11.9 Å². The van der Waals surface area contributed by atoms with Gasteiger partial charge in [-0.25, -0.2) is 8.78 Å². The zero-order valence-corrected chi connectivity index (χ0v) is 14.8. The number of likely N-dealkylation sites (N-methyl/N-ethyl adjacent to an activating group) is 2. The molecule has 1 N–H and O–H groups in total. The second-order valence-corrected chi connectivity index (χ2v) is 5.12. The first-order chi connectivity index (χ1) is 9.50. The van der Waals surface area contributed by atoms with Gasteiger partial charge in [-0.1, -0.05) is 6.07 Å². The van der Waals surface area contributed by atoms with Crippen LogP contribution in [-0.2, 0) is 0 Å². The molecule has 0 saturated carbocycles. The maximum atomic E-state index is 13.9. The number of halogens is 3. The molecule has 4 nitrogen and oxygen atoms in total. The van der Waals surface area contributed by atoms with E-state index in [-0.39, 0.29) is 29.5 Å². The first kappa shape index (κ1) is 18.1. The summed E-state index contributed by atoms with van der Waals surface area (Å²) in [5, 5.41) is 3.17. The van der Waals surface area contributed by atoms with Gasteiger partial charge in [0.1, 0.15) is 11.6 Å². The molecule has 0 fully saturated rings. The van der Waals surface area contributed by atoms with Crippen molar-refractivity contribution < 1.29 is 8.78 Å². The van der Waals surface area contributed by atoms with E-state index in [2.05, 4.69) is 10.3 Å². The van der Waals surface area contributed by atoms with Gasteiger partial charge in [0.05, 0.1) is 12.6 Å². The summed E-state index contributed by atoms with van der Waals surface area (Å²) < 4.78 is 27.8. The third kappa shape index (κ3) is 4.26. The van der Waals surface area contributed by atoms with Crippen LogP contribution < -0.4 is 5.32 Å². The topological polar surface area (TPSA) is 30.9 Å². The van der Waals surface area contributed by atoms with Crippen molar-refractivity contribution in [1.29, 1.82) is 0 Å². The minimum Gasteiger partial charge on any atom is -0.354 e. The van der Waals surface area contributed by atoms with Gasteiger partial charge in [0.15, 0.2) is 5.96 Å². The molecule has 0 radical (unpaired) electrons. The van der Waals surface area contributed by atoms with E-state index in [1.165, 1.54) is 18.2 Å². The van der Waals surface area contributed by atoms with Crippen LogP contribution in [0.1, 0.15) is 11.6 Å². The van der Waals surface area contributed by atoms with Gasteiger partial charge < -0.3 is 15.1 Å². The van der Waals surface area contributed by atoms with Crippen LogP contribution in [-0.4, -0.2) is 56.5 Å². The Balaban J connectivity index is 0.00000220. The minimum atomic E-state index is -0.521. The van der Waals surface area contributed by atoms with Crippen molar-refractivity contribution >= 4 is 29.9 Å². The summed E-state index contributed by atoms with van der Waals surface area (Å²) in [7, 11) is 5.55. The molecule has 1 heterocycles. The van der Waals surface area contributed by atoms with E-state index in [1.54, 1.807) is 19.0 Å². The van der Waals surface area contributed by atoms with Crippen molar-refractivity contribution in [3.63, 3.8) is 0 Å². The van der Waals surface area contributed by atoms with E-state index in [4.69, 9.17) is 0 Å². The predicted molar refractivity (Wildman–Crippen MR) is 91.1 cm³/mol. The predicted octanol–water partition coefficient (Wildman–Crippen LogP) is 2.08. The Morgan fingerprint density at radius 1 is 1.33 bits per heavy atom. The highest BCUT2D eigenvalue weighted by molar-refractivity contribution is 14.0. The fraction of sp³-hybridized carbons (Fsp3) is 0.500. The molecule has 1 aromatic rings. The highest BCUT2D eigenvalue weighted by Gasteiger charge is 2.23. The lowest BCUT2D eigenvalue weighted by atomic mass is 10.0. The quantitative estimate of drug-likeness (QED) is 0.772. The van der Waals surface area contributed by atoms with Crippen LogP contribution in [0.4, 0.5) is 8.78 Å². The van der Waals surface area contributed by atoms with Gasteiger partial charge in [0.25, 0.3) is 0 Å². The monoisotopic (exact) mass is 410 g/mol. The van der Waals surface area contributed by atoms with Crippen LogP contribution in [0.5, 0.6) is 0 Å². The minimum absolute atomic E-state index is 0. The lowest BCUT2D eigenvalue weighted by Gasteiger charge is -2.27. The maximum Gasteiger partial charge on any atom is 0.193 e. The van der Waals surface area contributed by atoms with Gasteiger partial charge in [0, 0.05) is 25.7 Å². The molecule has 7 heteroatoms. The van der Waals surface area contributed by atoms with Gasteiger partial charge in [-0.05, 0) is 26.2 Å². The molecule has 0 bridgehead atoms. The number of rotatable bonds is 4. The summed E-state index contributed by atoms with van der Waals surface area (Å²) in [5.41, 5.74) is 0.0891. The lowest BCUT2D eigenvalue weighted by molar-refractivity contribution is 0.281. The molecular formula is C14H21F2IN4. The molecule has 1 aliphatic heterocycles. The Kier molecular flexibility index (Phi) is 6.79. The number of hydrogen-bond donors (Lipinski definition) is 1. The summed E-state index contributed by atoms with van der Waals surface area (Å²) in [5.74, 6) is -0.270. The average Bonchev–Trinajstić information content (AvgIpc) is 2.78. The normalized spacial score (nSPS) is 15.7. The van der Waals surface area contributed by atoms with E-state index >= 15 is 0 Å². The zero-order valence-electron chi connectivity index (χ0n) is 12.4. The number of nitrogens with one attached hydrogen (secondary N) is 1. The maximum absolute atomic E-state index is 13.9. The van der Waals surface area contributed by atoms with E-state index in [9.17, 15) is 8.78 Å². The summed E-state index contributed by atoms with van der Waals surface area (Å²) in [6.45, 7) is 2.01. The first-order valence-electron chi connectivity index (χ1n) is 6.60. The largest absolute Gasteiger partial charge is 0.354 e. The summed E-state index contributed by atoms with van der Waals surface area (Å²) in [4.78, 5) is 8.10. The number of benzene rings is 1. The Morgan fingerprint density at radius 2 is 1.95 bits per heavy atom. The molecule has 21 heavy (non-hydrogen) atoms. The van der Waals surface area contributed by atoms with Gasteiger partial charge in [-0.15, -0.1) is 24.0 Å². The molecule has 0 aliphatic carbocycles. The number of hydrogen-bond acceptors (Lipinski definition) is 4. The fourth-order valence-electron chi connectivity index (χ4n) is 2.28. The lowest BCUT2D eigenvalue weighted by Crippen LogP contribution is -2.40. The van der Waals surface area contributed by atoms with Crippen LogP contribution in [0.3, 0.4) is 0 Å². The van der Waals surface area contributed by atoms with Gasteiger partial charge in [-0.2, -0.15) is 0 Å². The van der Waals surface area contributed by atoms with Crippen molar-refractivity contribution in [3.8, 4) is 0 Å². The second-order valence-electron chi connectivity index (χ2n) is 5.12. The average molecular weight is 410 g/mol. The zero-order chi connectivity index (χ0) is 14.7. The standard InChI is InChI=1S/C14H20F2N4.HI/c1-19(2)12(9-18-14-17-7-8-20(14)3)13-10(15)5-4-6-11(13)16;/h4-6,12H,7-9H2,1-3H3,(H,17,18);1H. The molecule has 1 atom stereocenters. The summed E-state index contributed by atoms with van der Waals surface area (Å²) >= 11 is 0. The number of aliphatic imine (C=N–C) groups is 1. The molecule has 2 rings (SSSR count).